The Morgan fingerprint density at radius 1 is 1.23 bits per heavy atom. The fourth-order valence-corrected chi connectivity index (χ4v) is 1.44. The van der Waals surface area contributed by atoms with E-state index >= 15 is 0 Å². The van der Waals surface area contributed by atoms with Gasteiger partial charge in [-0.25, -0.2) is 0 Å². The average Bonchev–Trinajstić information content (AvgIpc) is 2.04. The number of rotatable bonds is 2. The van der Waals surface area contributed by atoms with Crippen LogP contribution in [0.2, 0.25) is 0 Å². The highest BCUT2D eigenvalue weighted by molar-refractivity contribution is 5.76. The summed E-state index contributed by atoms with van der Waals surface area (Å²) in [5, 5.41) is 0. The van der Waals surface area contributed by atoms with Crippen molar-refractivity contribution >= 4 is 11.8 Å². The molecule has 0 radical (unpaired) electrons. The topological polar surface area (TPSA) is 66.6 Å². The van der Waals surface area contributed by atoms with Crippen molar-refractivity contribution in [2.24, 2.45) is 5.73 Å². The maximum absolute atomic E-state index is 10.9. The monoisotopic (exact) mass is 185 g/mol. The molecular formula is C8H15N3O2. The molecule has 2 amide bonds. The summed E-state index contributed by atoms with van der Waals surface area (Å²) in [6, 6.07) is 0. The van der Waals surface area contributed by atoms with E-state index in [1.807, 2.05) is 4.90 Å². The summed E-state index contributed by atoms with van der Waals surface area (Å²) in [6.07, 6.45) is 0. The Balaban J connectivity index is 2.30. The minimum atomic E-state index is -0.309. The molecular weight excluding hydrogens is 170 g/mol. The molecule has 0 aromatic carbocycles. The summed E-state index contributed by atoms with van der Waals surface area (Å²) in [5.74, 6) is -0.213. The van der Waals surface area contributed by atoms with E-state index in [1.165, 1.54) is 0 Å². The van der Waals surface area contributed by atoms with Gasteiger partial charge >= 0.3 is 0 Å². The van der Waals surface area contributed by atoms with Crippen molar-refractivity contribution in [3.8, 4) is 0 Å². The Labute approximate surface area is 77.5 Å². The molecule has 1 rings (SSSR count). The van der Waals surface area contributed by atoms with Gasteiger partial charge in [-0.1, -0.05) is 0 Å². The van der Waals surface area contributed by atoms with E-state index in [2.05, 4.69) is 0 Å². The van der Waals surface area contributed by atoms with Crippen LogP contribution in [0.15, 0.2) is 0 Å². The van der Waals surface area contributed by atoms with Crippen LogP contribution in [0, 0.1) is 0 Å². The van der Waals surface area contributed by atoms with Crippen LogP contribution in [0.3, 0.4) is 0 Å². The first kappa shape index (κ1) is 9.98. The molecule has 1 fully saturated rings. The molecule has 0 aliphatic carbocycles. The lowest BCUT2D eigenvalue weighted by Gasteiger charge is -2.33. The van der Waals surface area contributed by atoms with Crippen LogP contribution in [0.5, 0.6) is 0 Å². The summed E-state index contributed by atoms with van der Waals surface area (Å²) in [5.41, 5.74) is 5.06. The lowest BCUT2D eigenvalue weighted by Crippen LogP contribution is -2.50. The van der Waals surface area contributed by atoms with E-state index < -0.39 is 0 Å². The Morgan fingerprint density at radius 3 is 2.15 bits per heavy atom. The third-order valence-electron chi connectivity index (χ3n) is 2.20. The standard InChI is InChI=1S/C8H15N3O2/c1-7(12)11-4-2-10(3-5-11)6-8(9)13/h2-6H2,1H3,(H2,9,13). The zero-order chi connectivity index (χ0) is 9.84. The Bertz CT molecular complexity index is 209. The van der Waals surface area contributed by atoms with E-state index in [0.717, 1.165) is 13.1 Å². The molecule has 1 aliphatic heterocycles. The minimum absolute atomic E-state index is 0.0960. The number of carbonyl (C=O) groups is 2. The van der Waals surface area contributed by atoms with Gasteiger partial charge in [0.05, 0.1) is 6.54 Å². The Morgan fingerprint density at radius 2 is 1.77 bits per heavy atom. The predicted molar refractivity (Wildman–Crippen MR) is 47.9 cm³/mol. The fraction of sp³-hybridized carbons (Fsp3) is 0.750. The summed E-state index contributed by atoms with van der Waals surface area (Å²) in [4.78, 5) is 25.3. The van der Waals surface area contributed by atoms with Crippen LogP contribution in [-0.4, -0.2) is 54.3 Å². The number of amides is 2. The molecule has 1 saturated heterocycles. The minimum Gasteiger partial charge on any atom is -0.369 e. The van der Waals surface area contributed by atoms with Gasteiger partial charge in [0, 0.05) is 33.1 Å². The number of hydrogen-bond donors (Lipinski definition) is 1. The fourth-order valence-electron chi connectivity index (χ4n) is 1.44. The van der Waals surface area contributed by atoms with Crippen molar-refractivity contribution < 1.29 is 9.59 Å². The number of primary amides is 1. The molecule has 74 valence electrons. The number of nitrogens with two attached hydrogens (primary N) is 1. The quantitative estimate of drug-likeness (QED) is 0.577. The van der Waals surface area contributed by atoms with E-state index in [-0.39, 0.29) is 11.8 Å². The number of carbonyl (C=O) groups excluding carboxylic acids is 2. The van der Waals surface area contributed by atoms with Gasteiger partial charge in [-0.2, -0.15) is 0 Å². The van der Waals surface area contributed by atoms with Gasteiger partial charge in [-0.05, 0) is 0 Å². The van der Waals surface area contributed by atoms with E-state index in [0.29, 0.717) is 19.6 Å². The second kappa shape index (κ2) is 4.23. The van der Waals surface area contributed by atoms with E-state index in [4.69, 9.17) is 5.73 Å². The van der Waals surface area contributed by atoms with Crippen molar-refractivity contribution in [1.29, 1.82) is 0 Å². The zero-order valence-electron chi connectivity index (χ0n) is 7.82. The Kier molecular flexibility index (Phi) is 3.25. The SMILES string of the molecule is CC(=O)N1CCN(CC(N)=O)CC1. The molecule has 0 spiro atoms. The van der Waals surface area contributed by atoms with E-state index in [1.54, 1.807) is 11.8 Å². The van der Waals surface area contributed by atoms with Crippen molar-refractivity contribution in [3.05, 3.63) is 0 Å². The zero-order valence-corrected chi connectivity index (χ0v) is 7.82. The van der Waals surface area contributed by atoms with Crippen LogP contribution in [-0.2, 0) is 9.59 Å². The van der Waals surface area contributed by atoms with Crippen molar-refractivity contribution in [1.82, 2.24) is 9.80 Å². The average molecular weight is 185 g/mol. The van der Waals surface area contributed by atoms with Crippen molar-refractivity contribution in [2.75, 3.05) is 32.7 Å². The van der Waals surface area contributed by atoms with Gasteiger partial charge in [0.25, 0.3) is 0 Å². The molecule has 0 unspecified atom stereocenters. The molecule has 0 bridgehead atoms. The normalized spacial score (nSPS) is 18.7. The lowest BCUT2D eigenvalue weighted by atomic mass is 10.3. The molecule has 0 aromatic heterocycles. The van der Waals surface area contributed by atoms with E-state index in [9.17, 15) is 9.59 Å². The molecule has 1 heterocycles. The highest BCUT2D eigenvalue weighted by Crippen LogP contribution is 2.00. The maximum atomic E-state index is 10.9. The molecule has 1 aliphatic rings. The lowest BCUT2D eigenvalue weighted by molar-refractivity contribution is -0.130. The summed E-state index contributed by atoms with van der Waals surface area (Å²) < 4.78 is 0. The van der Waals surface area contributed by atoms with Gasteiger partial charge in [0.1, 0.15) is 0 Å². The summed E-state index contributed by atoms with van der Waals surface area (Å²) in [6.45, 7) is 4.73. The summed E-state index contributed by atoms with van der Waals surface area (Å²) in [7, 11) is 0. The summed E-state index contributed by atoms with van der Waals surface area (Å²) >= 11 is 0. The highest BCUT2D eigenvalue weighted by Gasteiger charge is 2.18. The van der Waals surface area contributed by atoms with Crippen LogP contribution in [0.25, 0.3) is 0 Å². The van der Waals surface area contributed by atoms with Gasteiger partial charge in [-0.3, -0.25) is 14.5 Å². The smallest absolute Gasteiger partial charge is 0.231 e. The second-order valence-electron chi connectivity index (χ2n) is 3.25. The third kappa shape index (κ3) is 3.02. The Hall–Kier alpha value is -1.10. The molecule has 5 heteroatoms. The first-order valence-corrected chi connectivity index (χ1v) is 4.36. The molecule has 2 N–H and O–H groups in total. The molecule has 0 saturated carbocycles. The predicted octanol–water partition coefficient (Wildman–Crippen LogP) is -1.36. The third-order valence-corrected chi connectivity index (χ3v) is 2.20. The van der Waals surface area contributed by atoms with Gasteiger partial charge in [-0.15, -0.1) is 0 Å². The first-order chi connectivity index (χ1) is 6.09. The number of hydrogen-bond acceptors (Lipinski definition) is 3. The number of piperazine rings is 1. The van der Waals surface area contributed by atoms with Crippen LogP contribution < -0.4 is 5.73 Å². The van der Waals surface area contributed by atoms with Gasteiger partial charge in [0.2, 0.25) is 11.8 Å². The van der Waals surface area contributed by atoms with Crippen LogP contribution in [0.1, 0.15) is 6.92 Å². The van der Waals surface area contributed by atoms with Gasteiger partial charge < -0.3 is 10.6 Å². The van der Waals surface area contributed by atoms with Gasteiger partial charge in [0.15, 0.2) is 0 Å². The maximum Gasteiger partial charge on any atom is 0.231 e. The molecule has 0 atom stereocenters. The molecule has 13 heavy (non-hydrogen) atoms. The van der Waals surface area contributed by atoms with Crippen molar-refractivity contribution in [3.63, 3.8) is 0 Å². The molecule has 0 aromatic rings. The highest BCUT2D eigenvalue weighted by atomic mass is 16.2. The second-order valence-corrected chi connectivity index (χ2v) is 3.25. The van der Waals surface area contributed by atoms with Crippen LogP contribution >= 0.6 is 0 Å². The first-order valence-electron chi connectivity index (χ1n) is 4.36. The molecule has 5 nitrogen and oxygen atoms in total. The van der Waals surface area contributed by atoms with Crippen LogP contribution in [0.4, 0.5) is 0 Å². The largest absolute Gasteiger partial charge is 0.369 e. The number of nitrogens with zero attached hydrogens (tertiary/aromatic N) is 2. The van der Waals surface area contributed by atoms with Crippen molar-refractivity contribution in [2.45, 2.75) is 6.92 Å².